The number of thiazole rings is 1. The van der Waals surface area contributed by atoms with Crippen LogP contribution in [0.25, 0.3) is 21.7 Å². The van der Waals surface area contributed by atoms with Crippen LogP contribution in [-0.2, 0) is 49.6 Å². The lowest BCUT2D eigenvalue weighted by Gasteiger charge is -2.48. The van der Waals surface area contributed by atoms with Gasteiger partial charge in [-0.2, -0.15) is 0 Å². The fourth-order valence-electron chi connectivity index (χ4n) is 14.9. The monoisotopic (exact) mass is 1700 g/mol. The van der Waals surface area contributed by atoms with Gasteiger partial charge in [-0.3, -0.25) is 53.2 Å². The van der Waals surface area contributed by atoms with Crippen LogP contribution in [0.4, 0.5) is 26.8 Å². The first-order valence-corrected chi connectivity index (χ1v) is 40.9. The van der Waals surface area contributed by atoms with Gasteiger partial charge in [0.2, 0.25) is 29.5 Å². The number of benzene rings is 3. The number of imide groups is 1. The van der Waals surface area contributed by atoms with E-state index < -0.39 is 65.9 Å². The van der Waals surface area contributed by atoms with Crippen LogP contribution >= 0.6 is 43.2 Å². The number of anilines is 3. The zero-order valence-corrected chi connectivity index (χ0v) is 68.6. The number of nitrogens with zero attached hydrogens (tertiary/aromatic N) is 10. The van der Waals surface area contributed by atoms with Crippen molar-refractivity contribution in [3.63, 3.8) is 0 Å². The number of halogens is 2. The number of hydrogen-bond donors (Lipinski definition) is 7. The number of aliphatic hydroxyl groups excluding tert-OH is 1. The number of urea groups is 1. The number of rotatable bonds is 35. The van der Waals surface area contributed by atoms with Crippen molar-refractivity contribution in [2.24, 2.45) is 23.5 Å². The Morgan fingerprint density at radius 2 is 1.53 bits per heavy atom. The number of primary amides is 1. The van der Waals surface area contributed by atoms with E-state index in [0.717, 1.165) is 71.3 Å². The summed E-state index contributed by atoms with van der Waals surface area (Å²) in [5.74, 6) is -2.56. The van der Waals surface area contributed by atoms with Crippen molar-refractivity contribution in [2.45, 2.75) is 148 Å². The molecule has 3 aromatic heterocycles. The number of piperazine rings is 1. The van der Waals surface area contributed by atoms with Crippen LogP contribution < -0.4 is 51.6 Å². The Morgan fingerprint density at radius 3 is 2.23 bits per heavy atom. The molecule has 8 heterocycles. The molecule has 11 rings (SSSR count). The predicted molar refractivity (Wildman–Crippen MR) is 429 cm³/mol. The number of fused-ring (bicyclic) bond motifs is 3. The molecule has 10 amide bonds. The Bertz CT molecular complexity index is 4360. The van der Waals surface area contributed by atoms with Gasteiger partial charge in [0.15, 0.2) is 18.4 Å². The SMILES string of the molecule is COCOc1ccccc1-c1cc2c(nn1)N(C(=O)OCc1ccc(NC(=O)[C@H](CCCNC(N)=O)NC(=O)[C@@H](NC(=O)CCCCCN3C(=O)C(Br)=C(Br)C3=O)C(C)C)cc1)C[C@H]1CN(CC3CCN(CCOc4cc([C@H](C(=O)N5C[C@H](O)C[C@H]5C(=O)N[C@@H](C)c5ccc(-c6scnc6C)cc5)C(C)C)on4)CC3)CCN21. The molecule has 7 atom stereocenters. The Morgan fingerprint density at radius 1 is 0.788 bits per heavy atom. The highest BCUT2D eigenvalue weighted by Crippen LogP contribution is 2.41. The first-order chi connectivity index (χ1) is 54.3. The van der Waals surface area contributed by atoms with E-state index in [4.69, 9.17) is 34.3 Å². The summed E-state index contributed by atoms with van der Waals surface area (Å²) in [4.78, 5) is 137. The molecule has 3 fully saturated rings. The van der Waals surface area contributed by atoms with Crippen LogP contribution in [0, 0.1) is 24.7 Å². The Hall–Kier alpha value is -9.45. The highest BCUT2D eigenvalue weighted by molar-refractivity contribution is 9.14. The summed E-state index contributed by atoms with van der Waals surface area (Å²) in [5, 5.41) is 38.4. The van der Waals surface area contributed by atoms with Gasteiger partial charge in [0.1, 0.15) is 52.0 Å². The number of para-hydroxylation sites is 1. The van der Waals surface area contributed by atoms with Crippen LogP contribution in [0.2, 0.25) is 0 Å². The van der Waals surface area contributed by atoms with E-state index in [2.05, 4.69) is 88.4 Å². The lowest BCUT2D eigenvalue weighted by Crippen LogP contribution is -2.61. The molecular weight excluding hydrogens is 1600 g/mol. The molecule has 0 spiro atoms. The number of aryl methyl sites for hydroxylation is 1. The van der Waals surface area contributed by atoms with Crippen LogP contribution in [0.15, 0.2) is 104 Å². The maximum Gasteiger partial charge on any atom is 0.415 e. The molecule has 3 aromatic carbocycles. The van der Waals surface area contributed by atoms with E-state index in [1.54, 1.807) is 67.5 Å². The van der Waals surface area contributed by atoms with Crippen LogP contribution in [0.5, 0.6) is 11.6 Å². The van der Waals surface area contributed by atoms with Gasteiger partial charge in [-0.05, 0) is 167 Å². The topological polar surface area (TPSA) is 381 Å². The van der Waals surface area contributed by atoms with Crippen LogP contribution in [0.3, 0.4) is 0 Å². The number of β-amino-alcohol motifs (C(OH)–C–C–N with tert-alkyl or cyclic N) is 1. The largest absolute Gasteiger partial charge is 0.474 e. The number of ether oxygens (including phenoxy) is 4. The first kappa shape index (κ1) is 84.5. The van der Waals surface area contributed by atoms with Crippen LogP contribution in [0.1, 0.15) is 127 Å². The molecule has 0 bridgehead atoms. The number of unbranched alkanes of at least 4 members (excludes halogenated alkanes) is 2. The van der Waals surface area contributed by atoms with E-state index >= 15 is 0 Å². The van der Waals surface area contributed by atoms with Crippen molar-refractivity contribution in [2.75, 3.05) is 108 Å². The Kier molecular flexibility index (Phi) is 29.6. The third-order valence-corrected chi connectivity index (χ3v) is 24.0. The zero-order chi connectivity index (χ0) is 80.6. The number of hydrogen-bond acceptors (Lipinski definition) is 23. The normalized spacial score (nSPS) is 18.5. The second-order valence-electron chi connectivity index (χ2n) is 29.9. The molecule has 0 saturated carbocycles. The van der Waals surface area contributed by atoms with Crippen molar-refractivity contribution < 1.29 is 71.7 Å². The number of aromatic nitrogens is 4. The maximum atomic E-state index is 14.5. The summed E-state index contributed by atoms with van der Waals surface area (Å²) in [5.41, 5.74) is 13.0. The summed E-state index contributed by atoms with van der Waals surface area (Å²) < 4.78 is 29.5. The van der Waals surface area contributed by atoms with E-state index in [0.29, 0.717) is 91.3 Å². The van der Waals surface area contributed by atoms with Gasteiger partial charge in [-0.1, -0.05) is 82.6 Å². The molecule has 34 heteroatoms. The van der Waals surface area contributed by atoms with Crippen molar-refractivity contribution in [1.29, 1.82) is 0 Å². The number of carbonyl (C=O) groups is 9. The van der Waals surface area contributed by atoms with Gasteiger partial charge < -0.3 is 70.7 Å². The minimum absolute atomic E-state index is 0.0122. The summed E-state index contributed by atoms with van der Waals surface area (Å²) in [7, 11) is 1.55. The van der Waals surface area contributed by atoms with E-state index in [-0.39, 0.29) is 122 Å². The number of nitrogens with two attached hydrogens (primary N) is 1. The van der Waals surface area contributed by atoms with Crippen molar-refractivity contribution in [3.8, 4) is 33.3 Å². The average molecular weight is 1710 g/mol. The molecular formula is C79H100Br2N16O15S. The van der Waals surface area contributed by atoms with Gasteiger partial charge >= 0.3 is 12.1 Å². The first-order valence-electron chi connectivity index (χ1n) is 38.4. The number of likely N-dealkylation sites (tertiary alicyclic amines) is 2. The molecule has 0 aliphatic carbocycles. The van der Waals surface area contributed by atoms with Crippen molar-refractivity contribution >= 4 is 114 Å². The number of nitrogens with one attached hydrogen (secondary N) is 5. The van der Waals surface area contributed by atoms with Gasteiger partial charge in [-0.25, -0.2) is 14.6 Å². The lowest BCUT2D eigenvalue weighted by molar-refractivity contribution is -0.141. The number of aliphatic hydroxyl groups is 1. The van der Waals surface area contributed by atoms with Gasteiger partial charge in [0.25, 0.3) is 17.7 Å². The molecule has 5 aliphatic heterocycles. The highest BCUT2D eigenvalue weighted by Gasteiger charge is 2.45. The standard InChI is InChI=1S/C79H100Br2N16O15S/c1-46(2)66(75(103)96-42-56(98)36-61(96)73(101)85-48(5)52-20-22-53(23-21-52)70-49(6)84-44-113-70)63-38-65(91-112-63)109-35-34-92-30-26-50(27-31-92)39-93-32-33-94-55(40-93)41-97(71-60(94)37-59(89-90-71)57-14-10-11-16-62(57)111-45-108-7)79(107)110-43-51-18-24-54(25-19-51)86-72(100)58(15-13-28-83-78(82)106)87-74(102)69(47(3)4)88-64(99)17-9-8-12-29-95-76(104)67(80)68(81)77(95)105/h10-11,14,16,18-25,37-38,44,46-48,50,55-56,58,61,66,69,98H,8-9,12-13,15,17,26-36,39-43,45H2,1-7H3,(H,85,101)(H,86,100)(H,87,102)(H,88,99)(H3,82,83,106)/t48-,55+,56+,58-,61-,66+,69-/m0/s1. The minimum atomic E-state index is -1.10. The van der Waals surface area contributed by atoms with Crippen LogP contribution in [-0.4, -0.2) is 221 Å². The zero-order valence-electron chi connectivity index (χ0n) is 64.6. The van der Waals surface area contributed by atoms with Gasteiger partial charge in [0.05, 0.1) is 52.2 Å². The fraction of sp³-hybridized carbons (Fsp3) is 0.506. The quantitative estimate of drug-likeness (QED) is 0.0111. The molecule has 0 unspecified atom stereocenters. The number of carbonyl (C=O) groups excluding carboxylic acids is 9. The highest BCUT2D eigenvalue weighted by atomic mass is 79.9. The molecule has 8 N–H and O–H groups in total. The predicted octanol–water partition coefficient (Wildman–Crippen LogP) is 8.51. The average Bonchev–Trinajstić information content (AvgIpc) is 1.44. The molecule has 6 aromatic rings. The fourth-order valence-corrected chi connectivity index (χ4v) is 16.5. The summed E-state index contributed by atoms with van der Waals surface area (Å²) in [6.07, 6.45) is 2.43. The molecule has 606 valence electrons. The molecule has 113 heavy (non-hydrogen) atoms. The molecule has 31 nitrogen and oxygen atoms in total. The smallest absolute Gasteiger partial charge is 0.415 e. The molecule has 0 radical (unpaired) electrons. The summed E-state index contributed by atoms with van der Waals surface area (Å²) in [6.45, 7) is 17.4. The molecule has 3 saturated heterocycles. The second kappa shape index (κ2) is 39.5. The molecule has 5 aliphatic rings. The summed E-state index contributed by atoms with van der Waals surface area (Å²) in [6, 6.07) is 21.5. The number of piperidine rings is 1. The van der Waals surface area contributed by atoms with Crippen molar-refractivity contribution in [3.05, 3.63) is 122 Å². The van der Waals surface area contributed by atoms with Gasteiger partial charge in [0, 0.05) is 89.6 Å². The van der Waals surface area contributed by atoms with Crippen molar-refractivity contribution in [1.82, 2.24) is 61.2 Å². The second-order valence-corrected chi connectivity index (χ2v) is 32.3. The van der Waals surface area contributed by atoms with E-state index in [1.807, 2.05) is 87.8 Å². The van der Waals surface area contributed by atoms with E-state index in [9.17, 15) is 48.3 Å². The third-order valence-electron chi connectivity index (χ3n) is 21.1. The minimum Gasteiger partial charge on any atom is -0.474 e. The number of methoxy groups -OCH3 is 1. The van der Waals surface area contributed by atoms with E-state index in [1.165, 1.54) is 4.90 Å². The lowest BCUT2D eigenvalue weighted by atomic mass is 9.91. The number of amides is 10. The third kappa shape index (κ3) is 21.7. The Labute approximate surface area is 677 Å². The van der Waals surface area contributed by atoms with Gasteiger partial charge in [-0.15, -0.1) is 21.5 Å². The Balaban J connectivity index is 0.662. The summed E-state index contributed by atoms with van der Waals surface area (Å²) >= 11 is 7.82. The maximum absolute atomic E-state index is 14.5.